The van der Waals surface area contributed by atoms with Gasteiger partial charge in [0.2, 0.25) is 0 Å². The summed E-state index contributed by atoms with van der Waals surface area (Å²) < 4.78 is 4.88. The fraction of sp³-hybridized carbons (Fsp3) is 0.923. The first-order chi connectivity index (χ1) is 8.58. The monoisotopic (exact) mass is 489 g/mol. The molecule has 5 radical (unpaired) electrons. The van der Waals surface area contributed by atoms with Gasteiger partial charge in [-0.3, -0.25) is 4.79 Å². The standard InChI is InChI=1S/C10H20O2S.3CH3.2Sn/c1-9(2)6-4-3-5-7-12-10(11)8-13;;;;;/h9,13H,3-8H2,1-2H3;3*1H3;;. The fourth-order valence-electron chi connectivity index (χ4n) is 1.06. The van der Waals surface area contributed by atoms with Gasteiger partial charge in [-0.2, -0.15) is 12.6 Å². The van der Waals surface area contributed by atoms with Crippen LogP contribution in [-0.2, 0) is 9.53 Å². The molecule has 0 unspecified atom stereocenters. The van der Waals surface area contributed by atoms with Gasteiger partial charge in [0.15, 0.2) is 0 Å². The molecule has 107 valence electrons. The molecule has 2 nitrogen and oxygen atoms in total. The summed E-state index contributed by atoms with van der Waals surface area (Å²) >= 11 is 5.59. The van der Waals surface area contributed by atoms with E-state index in [1.165, 1.54) is 12.8 Å². The van der Waals surface area contributed by atoms with Crippen molar-refractivity contribution in [1.29, 1.82) is 0 Å². The molecule has 0 fully saturated rings. The van der Waals surface area contributed by atoms with Gasteiger partial charge in [-0.25, -0.2) is 0 Å². The first-order valence-corrected chi connectivity index (χ1v) is 15.6. The maximum absolute atomic E-state index is 10.7. The Morgan fingerprint density at radius 2 is 1.72 bits per heavy atom. The summed E-state index contributed by atoms with van der Waals surface area (Å²) in [7, 11) is 0. The molecular formula is C13H29O2SSn2. The van der Waals surface area contributed by atoms with E-state index in [9.17, 15) is 4.79 Å². The summed E-state index contributed by atoms with van der Waals surface area (Å²) in [5.74, 6) is 0.749. The Kier molecular flexibility index (Phi) is 31.9. The molecule has 0 aliphatic rings. The summed E-state index contributed by atoms with van der Waals surface area (Å²) in [6.45, 7) is 5.00. The van der Waals surface area contributed by atoms with Crippen LogP contribution in [0.4, 0.5) is 0 Å². The molecule has 0 aromatic rings. The van der Waals surface area contributed by atoms with E-state index < -0.39 is 0 Å². The normalized spacial score (nSPS) is 8.89. The van der Waals surface area contributed by atoms with Gasteiger partial charge >= 0.3 is 64.5 Å². The predicted octanol–water partition coefficient (Wildman–Crippen LogP) is 3.67. The number of carbonyl (C=O) groups is 1. The summed E-state index contributed by atoms with van der Waals surface area (Å²) in [5.41, 5.74) is 0. The van der Waals surface area contributed by atoms with E-state index in [1.807, 2.05) is 0 Å². The number of carbonyl (C=O) groups excluding carboxylic acids is 1. The molecule has 0 aliphatic carbocycles. The summed E-state index contributed by atoms with van der Waals surface area (Å²) in [6.07, 6.45) is 4.63. The number of hydrogen-bond acceptors (Lipinski definition) is 3. The van der Waals surface area contributed by atoms with Crippen LogP contribution in [0.25, 0.3) is 0 Å². The van der Waals surface area contributed by atoms with Gasteiger partial charge in [0.25, 0.3) is 0 Å². The van der Waals surface area contributed by atoms with Gasteiger partial charge in [-0.15, -0.1) is 0 Å². The minimum atomic E-state index is -0.216. The number of ether oxygens (including phenoxy) is 1. The van der Waals surface area contributed by atoms with Crippen molar-refractivity contribution in [1.82, 2.24) is 0 Å². The SMILES string of the molecule is CC(C)CCCCCOC(=O)CS.[CH3][Sn].[CH3][Sn][CH3]. The molecule has 18 heavy (non-hydrogen) atoms. The van der Waals surface area contributed by atoms with Crippen LogP contribution in [0, 0.1) is 5.92 Å². The first-order valence-electron chi connectivity index (χ1n) is 6.43. The van der Waals surface area contributed by atoms with Crippen molar-refractivity contribution < 1.29 is 9.53 Å². The van der Waals surface area contributed by atoms with Gasteiger partial charge in [-0.1, -0.05) is 33.1 Å². The zero-order valence-electron chi connectivity index (χ0n) is 12.6. The third-order valence-electron chi connectivity index (χ3n) is 1.82. The Balaban J connectivity index is -0.000000389. The van der Waals surface area contributed by atoms with Crippen LogP contribution in [0.5, 0.6) is 0 Å². The van der Waals surface area contributed by atoms with Crippen LogP contribution in [0.1, 0.15) is 39.5 Å². The van der Waals surface area contributed by atoms with Crippen molar-refractivity contribution >= 4 is 62.3 Å². The zero-order chi connectivity index (χ0) is 14.8. The quantitative estimate of drug-likeness (QED) is 0.257. The van der Waals surface area contributed by atoms with Crippen LogP contribution < -0.4 is 0 Å². The second-order valence-corrected chi connectivity index (χ2v) is 7.29. The van der Waals surface area contributed by atoms with Crippen LogP contribution >= 0.6 is 12.6 Å². The molecule has 0 atom stereocenters. The van der Waals surface area contributed by atoms with E-state index >= 15 is 0 Å². The van der Waals surface area contributed by atoms with Crippen molar-refractivity contribution in [2.45, 2.75) is 54.3 Å². The van der Waals surface area contributed by atoms with Gasteiger partial charge < -0.3 is 4.74 Å². The van der Waals surface area contributed by atoms with E-state index in [2.05, 4.69) is 41.3 Å². The number of unbranched alkanes of at least 4 members (excludes halogenated alkanes) is 2. The third kappa shape index (κ3) is 30.4. The van der Waals surface area contributed by atoms with Crippen LogP contribution in [0.15, 0.2) is 0 Å². The molecule has 0 heterocycles. The maximum atomic E-state index is 10.7. The van der Waals surface area contributed by atoms with Crippen molar-refractivity contribution in [2.24, 2.45) is 5.92 Å². The summed E-state index contributed by atoms with van der Waals surface area (Å²) in [6, 6.07) is 0. The van der Waals surface area contributed by atoms with Crippen LogP contribution in [0.2, 0.25) is 14.8 Å². The number of esters is 1. The van der Waals surface area contributed by atoms with Crippen molar-refractivity contribution in [3.05, 3.63) is 0 Å². The molecule has 0 amide bonds. The van der Waals surface area contributed by atoms with Gasteiger partial charge in [-0.05, 0) is 12.3 Å². The van der Waals surface area contributed by atoms with E-state index in [1.54, 1.807) is 22.5 Å². The Morgan fingerprint density at radius 1 is 1.22 bits per heavy atom. The van der Waals surface area contributed by atoms with Crippen molar-refractivity contribution in [3.63, 3.8) is 0 Å². The number of rotatable bonds is 7. The molecule has 5 heteroatoms. The molecular weight excluding hydrogens is 458 g/mol. The minimum absolute atomic E-state index is 0.187. The Morgan fingerprint density at radius 3 is 2.11 bits per heavy atom. The summed E-state index contributed by atoms with van der Waals surface area (Å²) in [5, 5.41) is 0. The molecule has 0 aromatic carbocycles. The molecule has 0 N–H and O–H groups in total. The zero-order valence-corrected chi connectivity index (χ0v) is 19.2. The van der Waals surface area contributed by atoms with E-state index in [0.717, 1.165) is 18.8 Å². The topological polar surface area (TPSA) is 26.3 Å². The second kappa shape index (κ2) is 23.5. The van der Waals surface area contributed by atoms with Gasteiger partial charge in [0.05, 0.1) is 12.4 Å². The third-order valence-corrected chi connectivity index (χ3v) is 2.08. The Labute approximate surface area is 143 Å². The molecule has 0 aliphatic heterocycles. The molecule has 0 spiro atoms. The van der Waals surface area contributed by atoms with Gasteiger partial charge in [0, 0.05) is 0 Å². The molecule has 0 aromatic heterocycles. The average Bonchev–Trinajstić information content (AvgIpc) is 2.36. The summed E-state index contributed by atoms with van der Waals surface area (Å²) in [4.78, 5) is 17.3. The second-order valence-electron chi connectivity index (χ2n) is 4.12. The fourth-order valence-corrected chi connectivity index (χ4v) is 1.15. The Bertz CT molecular complexity index is 156. The van der Waals surface area contributed by atoms with E-state index in [-0.39, 0.29) is 32.9 Å². The molecule has 0 rings (SSSR count). The van der Waals surface area contributed by atoms with Crippen LogP contribution in [0.3, 0.4) is 0 Å². The number of thiol groups is 1. The Hall–Kier alpha value is 1.42. The van der Waals surface area contributed by atoms with E-state index in [4.69, 9.17) is 4.74 Å². The number of hydrogen-bond donors (Lipinski definition) is 1. The molecule has 0 saturated heterocycles. The molecule has 0 saturated carbocycles. The first kappa shape index (κ1) is 24.4. The molecule has 0 bridgehead atoms. The van der Waals surface area contributed by atoms with Crippen molar-refractivity contribution in [2.75, 3.05) is 12.4 Å². The van der Waals surface area contributed by atoms with E-state index in [0.29, 0.717) is 6.61 Å². The average molecular weight is 487 g/mol. The van der Waals surface area contributed by atoms with Gasteiger partial charge in [0.1, 0.15) is 0 Å². The van der Waals surface area contributed by atoms with Crippen molar-refractivity contribution in [3.8, 4) is 0 Å². The van der Waals surface area contributed by atoms with Crippen LogP contribution in [-0.4, -0.2) is 62.0 Å². The predicted molar refractivity (Wildman–Crippen MR) is 87.2 cm³/mol.